The standard InChI is InChI=1S/C40H48O17/c1-8-28(41)49-17-27-36(54-29(42)9-2)37(55-30(43)10-3)38(56-31(44)11-4)40(53-27)57-34-21-15-24-23(51-18-52-24)14-20(21)32(33-22(34)16-50-39(33)45)19-12-25(46-5)35(48-7)26(13-19)47-6/h12-15,22,27,32-34,36-38,40H,8-11,16-18H2,1-7H3/t22-,27-,32-,33-,34+,36+,37-,38-,40-/m0/s1. The molecule has 2 saturated heterocycles. The van der Waals surface area contributed by atoms with Crippen LogP contribution in [-0.4, -0.2) is 102 Å². The van der Waals surface area contributed by atoms with Gasteiger partial charge in [-0.3, -0.25) is 24.0 Å². The SMILES string of the molecule is CCC(=O)OC[C@@H]1O[C@@H](O[C@@H]2c3cc4c(cc3[C@H](c3cc(OC)c(OC)c(OC)c3)[C@H]3C(=O)OC[C@@H]32)OCO4)[C@@H](OC(=O)CC)[C@@H](OC(=O)CC)[C@@H]1OC(=O)CC. The fraction of sp³-hybridized carbons (Fsp3) is 0.575. The summed E-state index contributed by atoms with van der Waals surface area (Å²) in [7, 11) is 4.47. The smallest absolute Gasteiger partial charge is 0.310 e. The summed E-state index contributed by atoms with van der Waals surface area (Å²) in [5.41, 5.74) is 1.83. The van der Waals surface area contributed by atoms with Crippen LogP contribution in [0.2, 0.25) is 0 Å². The Morgan fingerprint density at radius 2 is 1.25 bits per heavy atom. The van der Waals surface area contributed by atoms with E-state index in [9.17, 15) is 24.0 Å². The average molecular weight is 801 g/mol. The first kappa shape index (κ1) is 41.3. The summed E-state index contributed by atoms with van der Waals surface area (Å²) in [6.07, 6.45) is -8.29. The molecule has 0 N–H and O–H groups in total. The zero-order valence-corrected chi connectivity index (χ0v) is 32.9. The molecule has 0 amide bonds. The fourth-order valence-corrected chi connectivity index (χ4v) is 7.62. The van der Waals surface area contributed by atoms with E-state index in [1.165, 1.54) is 21.3 Å². The molecule has 0 spiro atoms. The highest BCUT2D eigenvalue weighted by atomic mass is 16.7. The van der Waals surface area contributed by atoms with Gasteiger partial charge >= 0.3 is 29.8 Å². The molecule has 0 bridgehead atoms. The van der Waals surface area contributed by atoms with Crippen LogP contribution in [0.4, 0.5) is 0 Å². The Hall–Kier alpha value is -5.29. The molecule has 0 aromatic heterocycles. The minimum Gasteiger partial charge on any atom is -0.493 e. The average Bonchev–Trinajstić information content (AvgIpc) is 3.85. The van der Waals surface area contributed by atoms with Gasteiger partial charge in [-0.2, -0.15) is 0 Å². The number of esters is 5. The molecule has 3 heterocycles. The Morgan fingerprint density at radius 3 is 1.81 bits per heavy atom. The fourth-order valence-electron chi connectivity index (χ4n) is 7.62. The number of hydrogen-bond donors (Lipinski definition) is 0. The van der Waals surface area contributed by atoms with Crippen LogP contribution in [0.5, 0.6) is 28.7 Å². The van der Waals surface area contributed by atoms with Crippen molar-refractivity contribution in [3.05, 3.63) is 41.0 Å². The first-order valence-corrected chi connectivity index (χ1v) is 18.9. The van der Waals surface area contributed by atoms with Gasteiger partial charge in [-0.05, 0) is 41.0 Å². The molecule has 6 rings (SSSR count). The molecule has 2 aromatic carbocycles. The number of rotatable bonds is 15. The molecule has 2 fully saturated rings. The van der Waals surface area contributed by atoms with Crippen LogP contribution < -0.4 is 23.7 Å². The molecule has 1 aliphatic carbocycles. The summed E-state index contributed by atoms with van der Waals surface area (Å²) in [6.45, 7) is 5.78. The second-order valence-electron chi connectivity index (χ2n) is 13.7. The van der Waals surface area contributed by atoms with Crippen molar-refractivity contribution in [2.45, 2.75) is 96.1 Å². The van der Waals surface area contributed by atoms with Gasteiger partial charge in [0.1, 0.15) is 12.7 Å². The van der Waals surface area contributed by atoms with Gasteiger partial charge in [-0.1, -0.05) is 27.7 Å². The zero-order chi connectivity index (χ0) is 41.0. The number of cyclic esters (lactones) is 1. The molecule has 310 valence electrons. The van der Waals surface area contributed by atoms with Crippen LogP contribution in [0, 0.1) is 11.8 Å². The van der Waals surface area contributed by atoms with E-state index in [4.69, 9.17) is 56.8 Å². The minimum absolute atomic E-state index is 0.0379. The summed E-state index contributed by atoms with van der Waals surface area (Å²) in [5.74, 6) is -3.37. The summed E-state index contributed by atoms with van der Waals surface area (Å²) in [6, 6.07) is 7.06. The van der Waals surface area contributed by atoms with E-state index < -0.39 is 91.0 Å². The number of carbonyl (C=O) groups is 5. The van der Waals surface area contributed by atoms with Crippen molar-refractivity contribution in [2.24, 2.45) is 11.8 Å². The molecule has 9 atom stereocenters. The van der Waals surface area contributed by atoms with Crippen LogP contribution >= 0.6 is 0 Å². The first-order chi connectivity index (χ1) is 27.5. The van der Waals surface area contributed by atoms with Gasteiger partial charge in [0, 0.05) is 37.5 Å². The van der Waals surface area contributed by atoms with Crippen molar-refractivity contribution < 1.29 is 80.8 Å². The molecule has 0 saturated carbocycles. The summed E-state index contributed by atoms with van der Waals surface area (Å²) in [4.78, 5) is 65.1. The number of fused-ring (bicyclic) bond motifs is 3. The second kappa shape index (κ2) is 17.9. The molecule has 2 aromatic rings. The van der Waals surface area contributed by atoms with Crippen molar-refractivity contribution in [1.82, 2.24) is 0 Å². The van der Waals surface area contributed by atoms with Gasteiger partial charge in [0.2, 0.25) is 12.5 Å². The quantitative estimate of drug-likeness (QED) is 0.184. The van der Waals surface area contributed by atoms with E-state index in [-0.39, 0.29) is 39.1 Å². The molecule has 0 radical (unpaired) electrons. The van der Waals surface area contributed by atoms with Crippen molar-refractivity contribution in [3.8, 4) is 28.7 Å². The molecule has 17 nitrogen and oxygen atoms in total. The lowest BCUT2D eigenvalue weighted by Crippen LogP contribution is -2.63. The Balaban J connectivity index is 1.50. The van der Waals surface area contributed by atoms with Gasteiger partial charge in [0.25, 0.3) is 0 Å². The maximum Gasteiger partial charge on any atom is 0.310 e. The van der Waals surface area contributed by atoms with Gasteiger partial charge in [0.05, 0.1) is 40.0 Å². The number of methoxy groups -OCH3 is 3. The second-order valence-corrected chi connectivity index (χ2v) is 13.7. The normalized spacial score (nSPS) is 26.9. The highest BCUT2D eigenvalue weighted by Crippen LogP contribution is 2.57. The van der Waals surface area contributed by atoms with Crippen LogP contribution in [0.3, 0.4) is 0 Å². The number of hydrogen-bond acceptors (Lipinski definition) is 17. The molecule has 0 unspecified atom stereocenters. The lowest BCUT2D eigenvalue weighted by molar-refractivity contribution is -0.323. The van der Waals surface area contributed by atoms with E-state index in [2.05, 4.69) is 0 Å². The van der Waals surface area contributed by atoms with E-state index >= 15 is 0 Å². The van der Waals surface area contributed by atoms with Gasteiger partial charge in [0.15, 0.2) is 47.6 Å². The van der Waals surface area contributed by atoms with Gasteiger partial charge < -0.3 is 56.8 Å². The molecule has 17 heteroatoms. The largest absolute Gasteiger partial charge is 0.493 e. The first-order valence-electron chi connectivity index (χ1n) is 18.9. The van der Waals surface area contributed by atoms with Crippen molar-refractivity contribution >= 4 is 29.8 Å². The van der Waals surface area contributed by atoms with Crippen molar-refractivity contribution in [3.63, 3.8) is 0 Å². The number of carbonyl (C=O) groups excluding carboxylic acids is 5. The molecule has 3 aliphatic heterocycles. The van der Waals surface area contributed by atoms with Crippen LogP contribution in [-0.2, 0) is 57.1 Å². The predicted molar refractivity (Wildman–Crippen MR) is 193 cm³/mol. The summed E-state index contributed by atoms with van der Waals surface area (Å²) < 4.78 is 70.6. The van der Waals surface area contributed by atoms with E-state index in [1.54, 1.807) is 52.0 Å². The lowest BCUT2D eigenvalue weighted by atomic mass is 9.66. The van der Waals surface area contributed by atoms with Crippen LogP contribution in [0.1, 0.15) is 82.1 Å². The van der Waals surface area contributed by atoms with Crippen molar-refractivity contribution in [1.29, 1.82) is 0 Å². The van der Waals surface area contributed by atoms with E-state index in [1.807, 2.05) is 0 Å². The molecule has 4 aliphatic rings. The van der Waals surface area contributed by atoms with Gasteiger partial charge in [-0.15, -0.1) is 0 Å². The highest BCUT2D eigenvalue weighted by molar-refractivity contribution is 5.79. The number of ether oxygens (including phenoxy) is 12. The third-order valence-corrected chi connectivity index (χ3v) is 10.4. The van der Waals surface area contributed by atoms with E-state index in [0.717, 1.165) is 0 Å². The molecular weight excluding hydrogens is 752 g/mol. The Kier molecular flexibility index (Phi) is 13.0. The van der Waals surface area contributed by atoms with E-state index in [0.29, 0.717) is 45.4 Å². The third-order valence-electron chi connectivity index (χ3n) is 10.4. The van der Waals surface area contributed by atoms with Gasteiger partial charge in [-0.25, -0.2) is 0 Å². The molecular formula is C40H48O17. The Morgan fingerprint density at radius 1 is 0.684 bits per heavy atom. The van der Waals surface area contributed by atoms with Crippen LogP contribution in [0.15, 0.2) is 24.3 Å². The minimum atomic E-state index is -1.53. The van der Waals surface area contributed by atoms with Crippen LogP contribution in [0.25, 0.3) is 0 Å². The maximum atomic E-state index is 13.9. The maximum absolute atomic E-state index is 13.9. The monoisotopic (exact) mass is 800 g/mol. The van der Waals surface area contributed by atoms with Crippen molar-refractivity contribution in [2.75, 3.05) is 41.3 Å². The lowest BCUT2D eigenvalue weighted by Gasteiger charge is -2.47. The molecule has 57 heavy (non-hydrogen) atoms. The summed E-state index contributed by atoms with van der Waals surface area (Å²) >= 11 is 0. The summed E-state index contributed by atoms with van der Waals surface area (Å²) in [5, 5.41) is 0. The zero-order valence-electron chi connectivity index (χ0n) is 32.9. The topological polar surface area (TPSA) is 196 Å². The Labute approximate surface area is 329 Å². The predicted octanol–water partition coefficient (Wildman–Crippen LogP) is 4.08. The number of benzene rings is 2. The highest BCUT2D eigenvalue weighted by Gasteiger charge is 2.58. The third kappa shape index (κ3) is 8.26. The Bertz CT molecular complexity index is 1820.